The van der Waals surface area contributed by atoms with Crippen LogP contribution in [0, 0.1) is 24.2 Å². The van der Waals surface area contributed by atoms with Crippen molar-refractivity contribution in [3.63, 3.8) is 0 Å². The standard InChI is InChI=1S/C18H19BrN2O2/c1-11(2)6-7-23-17-5-4-13(19)9-15(17)14-8-12(3)21-18(22)16(14)10-20/h4-5,8-9,11H,6-7H2,1-3H3,(H,21,22). The SMILES string of the molecule is Cc1cc(-c2cc(Br)ccc2OCCC(C)C)c(C#N)c(=O)[nH]1. The number of halogens is 1. The van der Waals surface area contributed by atoms with E-state index in [1.165, 1.54) is 0 Å². The molecule has 0 aliphatic carbocycles. The molecule has 1 N–H and O–H groups in total. The van der Waals surface area contributed by atoms with E-state index in [1.807, 2.05) is 24.3 Å². The molecule has 1 aromatic carbocycles. The van der Waals surface area contributed by atoms with E-state index in [2.05, 4.69) is 34.8 Å². The van der Waals surface area contributed by atoms with Crippen LogP contribution in [0.25, 0.3) is 11.1 Å². The summed E-state index contributed by atoms with van der Waals surface area (Å²) in [5, 5.41) is 9.34. The van der Waals surface area contributed by atoms with Gasteiger partial charge < -0.3 is 9.72 Å². The molecule has 5 heteroatoms. The number of H-pyrrole nitrogens is 1. The van der Waals surface area contributed by atoms with Crippen molar-refractivity contribution >= 4 is 15.9 Å². The van der Waals surface area contributed by atoms with Gasteiger partial charge in [0.2, 0.25) is 0 Å². The maximum Gasteiger partial charge on any atom is 0.266 e. The summed E-state index contributed by atoms with van der Waals surface area (Å²) < 4.78 is 6.76. The van der Waals surface area contributed by atoms with Crippen LogP contribution in [0.15, 0.2) is 33.5 Å². The first-order chi connectivity index (χ1) is 10.9. The van der Waals surface area contributed by atoms with Crippen molar-refractivity contribution in [3.8, 4) is 22.9 Å². The van der Waals surface area contributed by atoms with E-state index in [0.29, 0.717) is 29.5 Å². The fourth-order valence-corrected chi connectivity index (χ4v) is 2.62. The Morgan fingerprint density at radius 3 is 2.70 bits per heavy atom. The van der Waals surface area contributed by atoms with Gasteiger partial charge in [-0.1, -0.05) is 29.8 Å². The molecule has 0 aliphatic heterocycles. The predicted molar refractivity (Wildman–Crippen MR) is 94.6 cm³/mol. The van der Waals surface area contributed by atoms with Crippen molar-refractivity contribution in [1.82, 2.24) is 4.98 Å². The molecule has 0 aliphatic rings. The van der Waals surface area contributed by atoms with Gasteiger partial charge in [0.25, 0.3) is 5.56 Å². The van der Waals surface area contributed by atoms with E-state index < -0.39 is 0 Å². The molecule has 2 aromatic rings. The minimum Gasteiger partial charge on any atom is -0.493 e. The number of aryl methyl sites for hydroxylation is 1. The Morgan fingerprint density at radius 1 is 1.30 bits per heavy atom. The summed E-state index contributed by atoms with van der Waals surface area (Å²) in [7, 11) is 0. The van der Waals surface area contributed by atoms with Crippen molar-refractivity contribution in [1.29, 1.82) is 5.26 Å². The van der Waals surface area contributed by atoms with Gasteiger partial charge in [0, 0.05) is 21.3 Å². The number of rotatable bonds is 5. The Bertz CT molecular complexity index is 804. The number of aromatic nitrogens is 1. The summed E-state index contributed by atoms with van der Waals surface area (Å²) in [4.78, 5) is 14.7. The Hall–Kier alpha value is -2.06. The molecule has 0 amide bonds. The number of ether oxygens (including phenoxy) is 1. The normalized spacial score (nSPS) is 10.6. The van der Waals surface area contributed by atoms with Crippen LogP contribution in [0.2, 0.25) is 0 Å². The number of pyridine rings is 1. The van der Waals surface area contributed by atoms with Crippen molar-refractivity contribution in [2.45, 2.75) is 27.2 Å². The highest BCUT2D eigenvalue weighted by molar-refractivity contribution is 9.10. The number of benzene rings is 1. The van der Waals surface area contributed by atoms with Gasteiger partial charge in [0.15, 0.2) is 0 Å². The lowest BCUT2D eigenvalue weighted by atomic mass is 10.00. The van der Waals surface area contributed by atoms with Crippen LogP contribution in [0.1, 0.15) is 31.5 Å². The van der Waals surface area contributed by atoms with Crippen LogP contribution >= 0.6 is 15.9 Å². The number of hydrogen-bond donors (Lipinski definition) is 1. The van der Waals surface area contributed by atoms with Gasteiger partial charge in [-0.05, 0) is 43.5 Å². The number of hydrogen-bond acceptors (Lipinski definition) is 3. The average molecular weight is 375 g/mol. The second kappa shape index (κ2) is 7.47. The van der Waals surface area contributed by atoms with Crippen LogP contribution in [0.3, 0.4) is 0 Å². The van der Waals surface area contributed by atoms with Gasteiger partial charge in [-0.15, -0.1) is 0 Å². The van der Waals surface area contributed by atoms with Gasteiger partial charge in [-0.2, -0.15) is 5.26 Å². The molecule has 0 saturated heterocycles. The lowest BCUT2D eigenvalue weighted by Gasteiger charge is -2.14. The van der Waals surface area contributed by atoms with Crippen LogP contribution in [0.5, 0.6) is 5.75 Å². The Labute approximate surface area is 144 Å². The highest BCUT2D eigenvalue weighted by atomic mass is 79.9. The van der Waals surface area contributed by atoms with Crippen LogP contribution in [-0.2, 0) is 0 Å². The summed E-state index contributed by atoms with van der Waals surface area (Å²) in [6, 6.07) is 9.42. The van der Waals surface area contributed by atoms with E-state index >= 15 is 0 Å². The van der Waals surface area contributed by atoms with E-state index in [4.69, 9.17) is 4.74 Å². The molecular weight excluding hydrogens is 356 g/mol. The molecule has 0 bridgehead atoms. The minimum atomic E-state index is -0.379. The Morgan fingerprint density at radius 2 is 2.04 bits per heavy atom. The fraction of sp³-hybridized carbons (Fsp3) is 0.333. The molecule has 0 radical (unpaired) electrons. The molecule has 4 nitrogen and oxygen atoms in total. The van der Waals surface area contributed by atoms with E-state index in [0.717, 1.165) is 16.5 Å². The molecule has 0 unspecified atom stereocenters. The first-order valence-electron chi connectivity index (χ1n) is 7.49. The second-order valence-electron chi connectivity index (χ2n) is 5.85. The lowest BCUT2D eigenvalue weighted by molar-refractivity contribution is 0.290. The average Bonchev–Trinajstić information content (AvgIpc) is 2.47. The molecule has 2 rings (SSSR count). The monoisotopic (exact) mass is 374 g/mol. The van der Waals surface area contributed by atoms with Crippen LogP contribution in [-0.4, -0.2) is 11.6 Å². The summed E-state index contributed by atoms with van der Waals surface area (Å²) in [6.07, 6.45) is 0.939. The van der Waals surface area contributed by atoms with Crippen molar-refractivity contribution in [2.75, 3.05) is 6.61 Å². The third kappa shape index (κ3) is 4.23. The van der Waals surface area contributed by atoms with Crippen molar-refractivity contribution < 1.29 is 4.74 Å². The maximum atomic E-state index is 12.0. The topological polar surface area (TPSA) is 65.9 Å². The van der Waals surface area contributed by atoms with Crippen molar-refractivity contribution in [3.05, 3.63) is 50.3 Å². The summed E-state index contributed by atoms with van der Waals surface area (Å²) in [6.45, 7) is 6.67. The molecule has 0 spiro atoms. The maximum absolute atomic E-state index is 12.0. The largest absolute Gasteiger partial charge is 0.493 e. The molecular formula is C18H19BrN2O2. The molecule has 0 saturated carbocycles. The molecule has 120 valence electrons. The van der Waals surface area contributed by atoms with Gasteiger partial charge in [0.05, 0.1) is 6.61 Å². The van der Waals surface area contributed by atoms with Gasteiger partial charge in [-0.25, -0.2) is 0 Å². The third-order valence-corrected chi connectivity index (χ3v) is 3.96. The molecule has 1 aromatic heterocycles. The van der Waals surface area contributed by atoms with Crippen molar-refractivity contribution in [2.24, 2.45) is 5.92 Å². The van der Waals surface area contributed by atoms with Gasteiger partial charge >= 0.3 is 0 Å². The summed E-state index contributed by atoms with van der Waals surface area (Å²) >= 11 is 3.44. The van der Waals surface area contributed by atoms with E-state index in [9.17, 15) is 10.1 Å². The molecule has 1 heterocycles. The Kier molecular flexibility index (Phi) is 5.62. The number of aromatic amines is 1. The first-order valence-corrected chi connectivity index (χ1v) is 8.28. The number of nitrogens with zero attached hydrogens (tertiary/aromatic N) is 1. The zero-order valence-corrected chi connectivity index (χ0v) is 15.0. The molecule has 0 atom stereocenters. The Balaban J connectivity index is 2.53. The molecule has 0 fully saturated rings. The zero-order chi connectivity index (χ0) is 17.0. The van der Waals surface area contributed by atoms with Gasteiger partial charge in [-0.3, -0.25) is 4.79 Å². The van der Waals surface area contributed by atoms with E-state index in [-0.39, 0.29) is 11.1 Å². The lowest BCUT2D eigenvalue weighted by Crippen LogP contribution is -2.13. The number of nitrogens with one attached hydrogen (secondary N) is 1. The summed E-state index contributed by atoms with van der Waals surface area (Å²) in [5.41, 5.74) is 1.76. The van der Waals surface area contributed by atoms with Gasteiger partial charge in [0.1, 0.15) is 17.4 Å². The predicted octanol–water partition coefficient (Wildman–Crippen LogP) is 4.41. The minimum absolute atomic E-state index is 0.0995. The molecule has 23 heavy (non-hydrogen) atoms. The second-order valence-corrected chi connectivity index (χ2v) is 6.77. The highest BCUT2D eigenvalue weighted by Crippen LogP contribution is 2.34. The smallest absolute Gasteiger partial charge is 0.266 e. The zero-order valence-electron chi connectivity index (χ0n) is 13.4. The summed E-state index contributed by atoms with van der Waals surface area (Å²) in [5.74, 6) is 1.22. The highest BCUT2D eigenvalue weighted by Gasteiger charge is 2.15. The van der Waals surface area contributed by atoms with Crippen LogP contribution in [0.4, 0.5) is 0 Å². The first kappa shape index (κ1) is 17.3. The fourth-order valence-electron chi connectivity index (χ4n) is 2.26. The van der Waals surface area contributed by atoms with Crippen LogP contribution < -0.4 is 10.3 Å². The van der Waals surface area contributed by atoms with E-state index in [1.54, 1.807) is 13.0 Å². The quantitative estimate of drug-likeness (QED) is 0.842. The number of nitriles is 1. The third-order valence-electron chi connectivity index (χ3n) is 3.46.